The van der Waals surface area contributed by atoms with E-state index in [9.17, 15) is 18.0 Å². The lowest BCUT2D eigenvalue weighted by Gasteiger charge is -2.30. The number of halogens is 3. The molecule has 0 saturated carbocycles. The van der Waals surface area contributed by atoms with Gasteiger partial charge < -0.3 is 14.6 Å². The number of alkyl halides is 3. The van der Waals surface area contributed by atoms with Crippen molar-refractivity contribution in [3.8, 4) is 17.1 Å². The first-order valence-electron chi connectivity index (χ1n) is 10.5. The maximum absolute atomic E-state index is 12.9. The van der Waals surface area contributed by atoms with Crippen LogP contribution in [0.4, 0.5) is 18.9 Å². The third-order valence-corrected chi connectivity index (χ3v) is 5.51. The molecular weight excluding hydrogens is 437 g/mol. The zero-order valence-corrected chi connectivity index (χ0v) is 17.9. The van der Waals surface area contributed by atoms with E-state index < -0.39 is 11.7 Å². The van der Waals surface area contributed by atoms with Crippen LogP contribution >= 0.6 is 0 Å². The second kappa shape index (κ2) is 9.62. The van der Waals surface area contributed by atoms with Gasteiger partial charge in [-0.1, -0.05) is 11.2 Å². The van der Waals surface area contributed by atoms with Crippen LogP contribution in [0.3, 0.4) is 0 Å². The van der Waals surface area contributed by atoms with Crippen LogP contribution in [0.15, 0.2) is 53.1 Å². The first-order chi connectivity index (χ1) is 15.8. The molecule has 0 aliphatic carbocycles. The van der Waals surface area contributed by atoms with Crippen LogP contribution in [0.2, 0.25) is 0 Å². The molecule has 1 aliphatic heterocycles. The second-order valence-electron chi connectivity index (χ2n) is 7.88. The summed E-state index contributed by atoms with van der Waals surface area (Å²) in [5.74, 6) is 0.967. The van der Waals surface area contributed by atoms with Gasteiger partial charge in [-0.3, -0.25) is 9.69 Å². The van der Waals surface area contributed by atoms with E-state index in [0.29, 0.717) is 31.2 Å². The largest absolute Gasteiger partial charge is 0.497 e. The van der Waals surface area contributed by atoms with Gasteiger partial charge in [-0.25, -0.2) is 0 Å². The molecule has 1 aliphatic rings. The topological polar surface area (TPSA) is 80.5 Å². The summed E-state index contributed by atoms with van der Waals surface area (Å²) in [7, 11) is 1.59. The number of likely N-dealkylation sites (tertiary alicyclic amines) is 1. The molecule has 4 rings (SSSR count). The highest BCUT2D eigenvalue weighted by atomic mass is 19.4. The number of methoxy groups -OCH3 is 1. The first kappa shape index (κ1) is 22.8. The number of nitrogens with zero attached hydrogens (tertiary/aromatic N) is 3. The van der Waals surface area contributed by atoms with E-state index in [2.05, 4.69) is 15.5 Å². The van der Waals surface area contributed by atoms with Gasteiger partial charge in [-0.05, 0) is 61.9 Å². The lowest BCUT2D eigenvalue weighted by atomic mass is 9.97. The maximum Gasteiger partial charge on any atom is 0.416 e. The van der Waals surface area contributed by atoms with Gasteiger partial charge in [0.2, 0.25) is 17.6 Å². The number of carbonyl (C=O) groups excluding carboxylic acids is 1. The van der Waals surface area contributed by atoms with Crippen molar-refractivity contribution in [2.75, 3.05) is 25.5 Å². The van der Waals surface area contributed by atoms with Gasteiger partial charge in [0, 0.05) is 17.8 Å². The van der Waals surface area contributed by atoms with Gasteiger partial charge in [0.25, 0.3) is 0 Å². The minimum Gasteiger partial charge on any atom is -0.497 e. The molecule has 0 bridgehead atoms. The molecule has 1 amide bonds. The van der Waals surface area contributed by atoms with Crippen molar-refractivity contribution in [1.82, 2.24) is 15.0 Å². The van der Waals surface area contributed by atoms with E-state index in [-0.39, 0.29) is 17.5 Å². The Morgan fingerprint density at radius 2 is 2.03 bits per heavy atom. The third kappa shape index (κ3) is 5.70. The summed E-state index contributed by atoms with van der Waals surface area (Å²) in [5, 5.41) is 6.64. The summed E-state index contributed by atoms with van der Waals surface area (Å²) in [5.41, 5.74) is 0.130. The quantitative estimate of drug-likeness (QED) is 0.579. The number of rotatable bonds is 6. The van der Waals surface area contributed by atoms with Gasteiger partial charge in [-0.15, -0.1) is 0 Å². The number of benzene rings is 2. The lowest BCUT2D eigenvalue weighted by Crippen LogP contribution is -2.40. The third-order valence-electron chi connectivity index (χ3n) is 5.51. The molecule has 1 unspecified atom stereocenters. The summed E-state index contributed by atoms with van der Waals surface area (Å²) in [6.45, 7) is 1.59. The average molecular weight is 460 g/mol. The Morgan fingerprint density at radius 3 is 2.76 bits per heavy atom. The van der Waals surface area contributed by atoms with Crippen LogP contribution in [0.5, 0.6) is 5.75 Å². The molecule has 1 N–H and O–H groups in total. The van der Waals surface area contributed by atoms with Crippen LogP contribution in [0.25, 0.3) is 11.4 Å². The van der Waals surface area contributed by atoms with Gasteiger partial charge >= 0.3 is 6.18 Å². The summed E-state index contributed by atoms with van der Waals surface area (Å²) in [6.07, 6.45) is -3.03. The average Bonchev–Trinajstić information content (AvgIpc) is 3.27. The predicted octanol–water partition coefficient (Wildman–Crippen LogP) is 4.61. The van der Waals surface area contributed by atoms with E-state index in [1.807, 2.05) is 29.2 Å². The number of ether oxygens (including phenoxy) is 1. The monoisotopic (exact) mass is 460 g/mol. The number of hydrogen-bond acceptors (Lipinski definition) is 6. The van der Waals surface area contributed by atoms with Crippen LogP contribution in [-0.4, -0.2) is 41.1 Å². The molecule has 1 aromatic heterocycles. The summed E-state index contributed by atoms with van der Waals surface area (Å²) < 4.78 is 49.3. The van der Waals surface area contributed by atoms with Crippen molar-refractivity contribution >= 4 is 11.6 Å². The van der Waals surface area contributed by atoms with Crippen molar-refractivity contribution in [2.45, 2.75) is 25.6 Å². The molecule has 1 fully saturated rings. The highest BCUT2D eigenvalue weighted by Crippen LogP contribution is 2.31. The Balaban J connectivity index is 1.36. The second-order valence-corrected chi connectivity index (χ2v) is 7.88. The van der Waals surface area contributed by atoms with Crippen molar-refractivity contribution in [2.24, 2.45) is 5.92 Å². The van der Waals surface area contributed by atoms with E-state index in [0.717, 1.165) is 36.4 Å². The summed E-state index contributed by atoms with van der Waals surface area (Å²) in [6, 6.07) is 11.9. The minimum atomic E-state index is -4.46. The fourth-order valence-electron chi connectivity index (χ4n) is 3.80. The smallest absolute Gasteiger partial charge is 0.416 e. The van der Waals surface area contributed by atoms with Crippen LogP contribution in [-0.2, 0) is 17.5 Å². The van der Waals surface area contributed by atoms with E-state index in [4.69, 9.17) is 9.26 Å². The highest BCUT2D eigenvalue weighted by Gasteiger charge is 2.31. The summed E-state index contributed by atoms with van der Waals surface area (Å²) >= 11 is 0. The van der Waals surface area contributed by atoms with Crippen molar-refractivity contribution in [1.29, 1.82) is 0 Å². The Hall–Kier alpha value is -3.40. The van der Waals surface area contributed by atoms with Gasteiger partial charge in [-0.2, -0.15) is 18.2 Å². The number of carbonyl (C=O) groups is 1. The van der Waals surface area contributed by atoms with Crippen LogP contribution in [0.1, 0.15) is 24.3 Å². The zero-order valence-electron chi connectivity index (χ0n) is 17.9. The Bertz CT molecular complexity index is 1100. The normalized spacial score (nSPS) is 17.0. The van der Waals surface area contributed by atoms with Crippen LogP contribution < -0.4 is 10.1 Å². The molecule has 10 heteroatoms. The molecule has 33 heavy (non-hydrogen) atoms. The standard InChI is InChI=1S/C23H23F3N4O3/c1-32-19-9-7-15(8-10-19)21-28-20(33-29-21)14-30-11-3-4-16(13-30)22(31)27-18-6-2-5-17(12-18)23(24,25)26/h2,5-10,12,16H,3-4,11,13-14H2,1H3,(H,27,31). The molecule has 3 aromatic rings. The number of amides is 1. The number of anilines is 1. The van der Waals surface area contributed by atoms with Crippen LogP contribution in [0, 0.1) is 5.92 Å². The van der Waals surface area contributed by atoms with E-state index in [1.54, 1.807) is 7.11 Å². The zero-order chi connectivity index (χ0) is 23.4. The molecule has 174 valence electrons. The summed E-state index contributed by atoms with van der Waals surface area (Å²) in [4.78, 5) is 19.2. The van der Waals surface area contributed by atoms with Gasteiger partial charge in [0.1, 0.15) is 5.75 Å². The predicted molar refractivity (Wildman–Crippen MR) is 114 cm³/mol. The Morgan fingerprint density at radius 1 is 1.24 bits per heavy atom. The number of hydrogen-bond donors (Lipinski definition) is 1. The van der Waals surface area contributed by atoms with Crippen molar-refractivity contribution in [3.63, 3.8) is 0 Å². The molecule has 7 nitrogen and oxygen atoms in total. The van der Waals surface area contributed by atoms with E-state index in [1.165, 1.54) is 12.1 Å². The SMILES string of the molecule is COc1ccc(-c2noc(CN3CCCC(C(=O)Nc4cccc(C(F)(F)F)c4)C3)n2)cc1. The highest BCUT2D eigenvalue weighted by molar-refractivity contribution is 5.92. The molecule has 2 aromatic carbocycles. The number of aromatic nitrogens is 2. The van der Waals surface area contributed by atoms with Gasteiger partial charge in [0.15, 0.2) is 0 Å². The van der Waals surface area contributed by atoms with Crippen molar-refractivity contribution in [3.05, 3.63) is 60.0 Å². The molecule has 2 heterocycles. The van der Waals surface area contributed by atoms with E-state index >= 15 is 0 Å². The minimum absolute atomic E-state index is 0.132. The lowest BCUT2D eigenvalue weighted by molar-refractivity contribution is -0.137. The molecule has 0 radical (unpaired) electrons. The molecule has 1 saturated heterocycles. The van der Waals surface area contributed by atoms with Crippen molar-refractivity contribution < 1.29 is 27.2 Å². The first-order valence-corrected chi connectivity index (χ1v) is 10.5. The number of piperidine rings is 1. The number of nitrogens with one attached hydrogen (secondary N) is 1. The fourth-order valence-corrected chi connectivity index (χ4v) is 3.80. The molecule has 0 spiro atoms. The Kier molecular flexibility index (Phi) is 6.64. The maximum atomic E-state index is 12.9. The molecule has 1 atom stereocenters. The fraction of sp³-hybridized carbons (Fsp3) is 0.348. The van der Waals surface area contributed by atoms with Gasteiger partial charge in [0.05, 0.1) is 25.1 Å². The Labute approximate surface area is 188 Å². The molecular formula is C23H23F3N4O3.